The van der Waals surface area contributed by atoms with Gasteiger partial charge >= 0.3 is 5.97 Å². The minimum Gasteiger partial charge on any atom is -0.465 e. The fourth-order valence-corrected chi connectivity index (χ4v) is 2.78. The molecule has 0 aliphatic carbocycles. The number of carbonyl (C=O) groups excluding carboxylic acids is 1. The second-order valence-electron chi connectivity index (χ2n) is 4.15. The van der Waals surface area contributed by atoms with E-state index < -0.39 is 16.0 Å². The van der Waals surface area contributed by atoms with Crippen LogP contribution in [0.3, 0.4) is 0 Å². The predicted octanol–water partition coefficient (Wildman–Crippen LogP) is 2.37. The van der Waals surface area contributed by atoms with Gasteiger partial charge in [-0.05, 0) is 44.5 Å². The van der Waals surface area contributed by atoms with Crippen LogP contribution in [0, 0.1) is 6.92 Å². The molecule has 0 unspecified atom stereocenters. The normalized spacial score (nSPS) is 11.2. The molecule has 0 atom stereocenters. The second-order valence-corrected chi connectivity index (χ2v) is 6.73. The number of halogens is 1. The van der Waals surface area contributed by atoms with Gasteiger partial charge in [-0.3, -0.25) is 9.10 Å². The predicted molar refractivity (Wildman–Crippen MR) is 79.6 cm³/mol. The zero-order valence-corrected chi connectivity index (χ0v) is 13.3. The minimum atomic E-state index is -3.57. The van der Waals surface area contributed by atoms with Gasteiger partial charge in [-0.1, -0.05) is 11.6 Å². The maximum Gasteiger partial charge on any atom is 0.326 e. The molecule has 1 rings (SSSR count). The van der Waals surface area contributed by atoms with E-state index in [1.165, 1.54) is 6.92 Å². The van der Waals surface area contributed by atoms with Gasteiger partial charge in [0.05, 0.1) is 18.0 Å². The van der Waals surface area contributed by atoms with Crippen molar-refractivity contribution in [3.63, 3.8) is 0 Å². The number of esters is 1. The Kier molecular flexibility index (Phi) is 5.83. The van der Waals surface area contributed by atoms with Gasteiger partial charge < -0.3 is 4.74 Å². The number of hydrogen-bond donors (Lipinski definition) is 0. The molecule has 0 aromatic heterocycles. The third-order valence-corrected chi connectivity index (χ3v) is 4.87. The quantitative estimate of drug-likeness (QED) is 0.755. The highest BCUT2D eigenvalue weighted by Crippen LogP contribution is 2.24. The standard InChI is InChI=1S/C13H18ClNO4S/c1-4-19-13(16)9-15(20(17,18)5-2)11-6-7-12(14)10(3)8-11/h6-8H,4-5,9H2,1-3H3. The lowest BCUT2D eigenvalue weighted by Crippen LogP contribution is -2.37. The summed E-state index contributed by atoms with van der Waals surface area (Å²) in [6.45, 7) is 4.83. The molecule has 0 aliphatic rings. The smallest absolute Gasteiger partial charge is 0.326 e. The topological polar surface area (TPSA) is 63.7 Å². The maximum atomic E-state index is 12.1. The van der Waals surface area contributed by atoms with Crippen molar-refractivity contribution in [3.8, 4) is 0 Å². The lowest BCUT2D eigenvalue weighted by Gasteiger charge is -2.23. The highest BCUT2D eigenvalue weighted by molar-refractivity contribution is 7.92. The van der Waals surface area contributed by atoms with Crippen molar-refractivity contribution in [3.05, 3.63) is 28.8 Å². The summed E-state index contributed by atoms with van der Waals surface area (Å²) in [5.41, 5.74) is 1.14. The monoisotopic (exact) mass is 319 g/mol. The first kappa shape index (κ1) is 16.8. The number of ether oxygens (including phenoxy) is 1. The Balaban J connectivity index is 3.16. The van der Waals surface area contributed by atoms with E-state index in [0.29, 0.717) is 10.7 Å². The van der Waals surface area contributed by atoms with Gasteiger partial charge in [0.25, 0.3) is 0 Å². The number of benzene rings is 1. The van der Waals surface area contributed by atoms with Gasteiger partial charge in [0.15, 0.2) is 0 Å². The van der Waals surface area contributed by atoms with E-state index in [1.807, 2.05) is 0 Å². The summed E-state index contributed by atoms with van der Waals surface area (Å²) in [7, 11) is -3.57. The summed E-state index contributed by atoms with van der Waals surface area (Å²) >= 11 is 5.93. The van der Waals surface area contributed by atoms with E-state index in [4.69, 9.17) is 16.3 Å². The summed E-state index contributed by atoms with van der Waals surface area (Å²) in [6, 6.07) is 4.81. The molecular formula is C13H18ClNO4S. The van der Waals surface area contributed by atoms with Crippen molar-refractivity contribution in [1.82, 2.24) is 0 Å². The van der Waals surface area contributed by atoms with Gasteiger partial charge in [0.2, 0.25) is 10.0 Å². The Bertz CT molecular complexity index is 586. The third-order valence-electron chi connectivity index (χ3n) is 2.71. The first-order valence-electron chi connectivity index (χ1n) is 6.24. The summed E-state index contributed by atoms with van der Waals surface area (Å²) < 4.78 is 30.1. The van der Waals surface area contributed by atoms with Crippen LogP contribution in [0.4, 0.5) is 5.69 Å². The van der Waals surface area contributed by atoms with Crippen LogP contribution < -0.4 is 4.31 Å². The molecule has 5 nitrogen and oxygen atoms in total. The molecule has 112 valence electrons. The molecule has 20 heavy (non-hydrogen) atoms. The summed E-state index contributed by atoms with van der Waals surface area (Å²) in [5.74, 6) is -0.689. The zero-order valence-electron chi connectivity index (χ0n) is 11.7. The molecule has 0 bridgehead atoms. The van der Waals surface area contributed by atoms with Crippen molar-refractivity contribution >= 4 is 33.3 Å². The van der Waals surface area contributed by atoms with Crippen molar-refractivity contribution < 1.29 is 17.9 Å². The van der Waals surface area contributed by atoms with Gasteiger partial charge in [-0.2, -0.15) is 0 Å². The largest absolute Gasteiger partial charge is 0.465 e. The van der Waals surface area contributed by atoms with E-state index in [2.05, 4.69) is 0 Å². The van der Waals surface area contributed by atoms with Crippen molar-refractivity contribution in [1.29, 1.82) is 0 Å². The molecule has 0 fully saturated rings. The lowest BCUT2D eigenvalue weighted by molar-refractivity contribution is -0.141. The van der Waals surface area contributed by atoms with Crippen LogP contribution in [0.1, 0.15) is 19.4 Å². The fraction of sp³-hybridized carbons (Fsp3) is 0.462. The highest BCUT2D eigenvalue weighted by atomic mass is 35.5. The molecule has 1 aromatic carbocycles. The number of nitrogens with zero attached hydrogens (tertiary/aromatic N) is 1. The minimum absolute atomic E-state index is 0.103. The highest BCUT2D eigenvalue weighted by Gasteiger charge is 2.24. The average molecular weight is 320 g/mol. The third kappa shape index (κ3) is 4.11. The molecule has 0 radical (unpaired) electrons. The van der Waals surface area contributed by atoms with Crippen LogP contribution in [0.2, 0.25) is 5.02 Å². The molecule has 7 heteroatoms. The van der Waals surface area contributed by atoms with E-state index in [-0.39, 0.29) is 18.9 Å². The van der Waals surface area contributed by atoms with Crippen molar-refractivity contribution in [2.75, 3.05) is 23.2 Å². The number of anilines is 1. The number of sulfonamides is 1. The Morgan fingerprint density at radius 2 is 2.00 bits per heavy atom. The first-order valence-corrected chi connectivity index (χ1v) is 8.22. The van der Waals surface area contributed by atoms with E-state index in [9.17, 15) is 13.2 Å². The van der Waals surface area contributed by atoms with Crippen LogP contribution >= 0.6 is 11.6 Å². The number of aryl methyl sites for hydroxylation is 1. The first-order chi connectivity index (χ1) is 9.31. The molecule has 0 aliphatic heterocycles. The molecule has 0 saturated heterocycles. The molecular weight excluding hydrogens is 302 g/mol. The molecule has 1 aromatic rings. The molecule has 0 amide bonds. The average Bonchev–Trinajstić information content (AvgIpc) is 2.39. The number of hydrogen-bond acceptors (Lipinski definition) is 4. The van der Waals surface area contributed by atoms with Crippen molar-refractivity contribution in [2.45, 2.75) is 20.8 Å². The van der Waals surface area contributed by atoms with Gasteiger partial charge in [0.1, 0.15) is 6.54 Å². The Morgan fingerprint density at radius 1 is 1.35 bits per heavy atom. The second kappa shape index (κ2) is 6.95. The molecule has 0 heterocycles. The van der Waals surface area contributed by atoms with Crippen LogP contribution in [0.15, 0.2) is 18.2 Å². The Labute approximate surface area is 124 Å². The number of carbonyl (C=O) groups is 1. The summed E-state index contributed by atoms with van der Waals surface area (Å²) in [6.07, 6.45) is 0. The van der Waals surface area contributed by atoms with Crippen molar-refractivity contribution in [2.24, 2.45) is 0 Å². The SMILES string of the molecule is CCOC(=O)CN(c1ccc(Cl)c(C)c1)S(=O)(=O)CC. The van der Waals surface area contributed by atoms with Crippen LogP contribution in [-0.2, 0) is 19.6 Å². The van der Waals surface area contributed by atoms with Gasteiger partial charge in [0, 0.05) is 5.02 Å². The Hall–Kier alpha value is -1.27. The molecule has 0 N–H and O–H groups in total. The zero-order chi connectivity index (χ0) is 15.3. The van der Waals surface area contributed by atoms with Gasteiger partial charge in [-0.15, -0.1) is 0 Å². The van der Waals surface area contributed by atoms with Gasteiger partial charge in [-0.25, -0.2) is 8.42 Å². The van der Waals surface area contributed by atoms with E-state index in [1.54, 1.807) is 32.0 Å². The fourth-order valence-electron chi connectivity index (χ4n) is 1.61. The van der Waals surface area contributed by atoms with Crippen LogP contribution in [0.5, 0.6) is 0 Å². The summed E-state index contributed by atoms with van der Waals surface area (Å²) in [5, 5.41) is 0.540. The maximum absolute atomic E-state index is 12.1. The summed E-state index contributed by atoms with van der Waals surface area (Å²) in [4.78, 5) is 11.6. The van der Waals surface area contributed by atoms with E-state index >= 15 is 0 Å². The molecule has 0 saturated carbocycles. The van der Waals surface area contributed by atoms with E-state index in [0.717, 1.165) is 9.87 Å². The van der Waals surface area contributed by atoms with Crippen LogP contribution in [0.25, 0.3) is 0 Å². The lowest BCUT2D eigenvalue weighted by atomic mass is 10.2. The van der Waals surface area contributed by atoms with Crippen LogP contribution in [-0.4, -0.2) is 33.3 Å². The number of rotatable bonds is 6. The molecule has 0 spiro atoms. The Morgan fingerprint density at radius 3 is 2.50 bits per heavy atom.